The minimum atomic E-state index is -0.736. The summed E-state index contributed by atoms with van der Waals surface area (Å²) in [6, 6.07) is 7.50. The highest BCUT2D eigenvalue weighted by Crippen LogP contribution is 2.28. The molecule has 0 unspecified atom stereocenters. The molecule has 1 amide bonds. The summed E-state index contributed by atoms with van der Waals surface area (Å²) in [5, 5.41) is 2.93. The fourth-order valence-electron chi connectivity index (χ4n) is 2.77. The number of amides is 1. The van der Waals surface area contributed by atoms with Crippen molar-refractivity contribution in [3.8, 4) is 11.3 Å². The van der Waals surface area contributed by atoms with Gasteiger partial charge in [0.2, 0.25) is 5.91 Å². The van der Waals surface area contributed by atoms with E-state index < -0.39 is 5.54 Å². The zero-order valence-electron chi connectivity index (χ0n) is 11.8. The second-order valence-electron chi connectivity index (χ2n) is 5.62. The first-order valence-corrected chi connectivity index (χ1v) is 7.27. The number of nitrogens with one attached hydrogen (secondary N) is 1. The van der Waals surface area contributed by atoms with Crippen molar-refractivity contribution < 1.29 is 9.21 Å². The first-order valence-electron chi connectivity index (χ1n) is 7.27. The third-order valence-electron chi connectivity index (χ3n) is 4.04. The van der Waals surface area contributed by atoms with Gasteiger partial charge < -0.3 is 15.5 Å². The lowest BCUT2D eigenvalue weighted by Crippen LogP contribution is -2.52. The number of carbonyl (C=O) groups is 1. The summed E-state index contributed by atoms with van der Waals surface area (Å²) in [4.78, 5) is 16.3. The van der Waals surface area contributed by atoms with Gasteiger partial charge in [-0.2, -0.15) is 0 Å². The Bertz CT molecular complexity index is 616. The fourth-order valence-corrected chi connectivity index (χ4v) is 2.77. The third-order valence-corrected chi connectivity index (χ3v) is 4.04. The van der Waals surface area contributed by atoms with E-state index in [0.29, 0.717) is 5.76 Å². The van der Waals surface area contributed by atoms with Crippen LogP contribution in [0.1, 0.15) is 32.1 Å². The van der Waals surface area contributed by atoms with Crippen LogP contribution in [-0.4, -0.2) is 16.4 Å². The number of anilines is 1. The smallest absolute Gasteiger partial charge is 0.244 e. The van der Waals surface area contributed by atoms with Crippen molar-refractivity contribution in [1.82, 2.24) is 4.98 Å². The average Bonchev–Trinajstić information content (AvgIpc) is 3.02. The van der Waals surface area contributed by atoms with Crippen molar-refractivity contribution in [3.63, 3.8) is 0 Å². The maximum absolute atomic E-state index is 12.4. The van der Waals surface area contributed by atoms with Crippen LogP contribution in [0.2, 0.25) is 0 Å². The predicted molar refractivity (Wildman–Crippen MR) is 80.6 cm³/mol. The highest BCUT2D eigenvalue weighted by molar-refractivity contribution is 5.98. The van der Waals surface area contributed by atoms with Crippen LogP contribution in [0.3, 0.4) is 0 Å². The van der Waals surface area contributed by atoms with Crippen molar-refractivity contribution in [2.75, 3.05) is 5.32 Å². The number of hydrogen-bond donors (Lipinski definition) is 2. The third kappa shape index (κ3) is 2.97. The Labute approximate surface area is 123 Å². The lowest BCUT2D eigenvalue weighted by molar-refractivity contribution is -0.122. The van der Waals surface area contributed by atoms with Crippen molar-refractivity contribution in [2.45, 2.75) is 37.6 Å². The van der Waals surface area contributed by atoms with E-state index in [4.69, 9.17) is 10.2 Å². The van der Waals surface area contributed by atoms with E-state index in [1.165, 1.54) is 6.39 Å². The normalized spacial score (nSPS) is 17.4. The molecule has 0 bridgehead atoms. The molecule has 3 N–H and O–H groups in total. The molecular weight excluding hydrogens is 266 g/mol. The molecule has 5 nitrogen and oxygen atoms in total. The minimum Gasteiger partial charge on any atom is -0.444 e. The molecule has 1 aromatic heterocycles. The van der Waals surface area contributed by atoms with Crippen molar-refractivity contribution in [2.24, 2.45) is 5.73 Å². The van der Waals surface area contributed by atoms with Crippen LogP contribution < -0.4 is 11.1 Å². The molecule has 0 atom stereocenters. The minimum absolute atomic E-state index is 0.100. The van der Waals surface area contributed by atoms with Crippen molar-refractivity contribution in [1.29, 1.82) is 0 Å². The van der Waals surface area contributed by atoms with Crippen LogP contribution >= 0.6 is 0 Å². The van der Waals surface area contributed by atoms with Crippen LogP contribution in [0, 0.1) is 0 Å². The number of hydrogen-bond acceptors (Lipinski definition) is 4. The number of nitrogens with zero attached hydrogens (tertiary/aromatic N) is 1. The van der Waals surface area contributed by atoms with Gasteiger partial charge in [0.05, 0.1) is 11.7 Å². The van der Waals surface area contributed by atoms with Gasteiger partial charge in [-0.25, -0.2) is 4.98 Å². The van der Waals surface area contributed by atoms with Gasteiger partial charge in [-0.1, -0.05) is 31.4 Å². The summed E-state index contributed by atoms with van der Waals surface area (Å²) in [6.45, 7) is 0. The maximum Gasteiger partial charge on any atom is 0.244 e. The Morgan fingerprint density at radius 3 is 2.81 bits per heavy atom. The molecule has 0 spiro atoms. The summed E-state index contributed by atoms with van der Waals surface area (Å²) < 4.78 is 5.27. The molecule has 0 aliphatic heterocycles. The molecule has 1 saturated carbocycles. The van der Waals surface area contributed by atoms with Crippen LogP contribution in [0.4, 0.5) is 5.69 Å². The number of nitrogens with two attached hydrogens (primary N) is 1. The number of rotatable bonds is 3. The first kappa shape index (κ1) is 13.8. The van der Waals surface area contributed by atoms with Gasteiger partial charge in [0, 0.05) is 11.3 Å². The van der Waals surface area contributed by atoms with E-state index in [1.54, 1.807) is 6.20 Å². The summed E-state index contributed by atoms with van der Waals surface area (Å²) >= 11 is 0. The lowest BCUT2D eigenvalue weighted by Gasteiger charge is -2.31. The highest BCUT2D eigenvalue weighted by atomic mass is 16.3. The Kier molecular flexibility index (Phi) is 3.75. The standard InChI is InChI=1S/C16H19N3O2/c17-16(7-2-1-3-8-16)15(20)19-13-6-4-5-12(9-13)14-10-18-11-21-14/h4-6,9-11H,1-3,7-8,17H2,(H,19,20). The molecule has 0 radical (unpaired) electrons. The molecule has 1 aromatic carbocycles. The number of benzene rings is 1. The van der Waals surface area contributed by atoms with E-state index in [0.717, 1.165) is 43.4 Å². The Hall–Kier alpha value is -2.14. The largest absolute Gasteiger partial charge is 0.444 e. The maximum atomic E-state index is 12.4. The fraction of sp³-hybridized carbons (Fsp3) is 0.375. The molecule has 110 valence electrons. The topological polar surface area (TPSA) is 81.2 Å². The zero-order chi connectivity index (χ0) is 14.7. The molecule has 0 saturated heterocycles. The van der Waals surface area contributed by atoms with Gasteiger partial charge in [-0.3, -0.25) is 4.79 Å². The molecule has 2 aromatic rings. The van der Waals surface area contributed by atoms with Gasteiger partial charge in [-0.05, 0) is 25.0 Å². The molecule has 21 heavy (non-hydrogen) atoms. The highest BCUT2D eigenvalue weighted by Gasteiger charge is 2.35. The summed E-state index contributed by atoms with van der Waals surface area (Å²) in [7, 11) is 0. The van der Waals surface area contributed by atoms with Gasteiger partial charge >= 0.3 is 0 Å². The van der Waals surface area contributed by atoms with E-state index in [-0.39, 0.29) is 5.91 Å². The second-order valence-corrected chi connectivity index (χ2v) is 5.62. The number of aromatic nitrogens is 1. The molecule has 1 aliphatic rings. The molecule has 5 heteroatoms. The quantitative estimate of drug-likeness (QED) is 0.908. The van der Waals surface area contributed by atoms with Gasteiger partial charge in [0.1, 0.15) is 0 Å². The molecule has 1 heterocycles. The van der Waals surface area contributed by atoms with Crippen molar-refractivity contribution >= 4 is 11.6 Å². The Morgan fingerprint density at radius 2 is 2.10 bits per heavy atom. The SMILES string of the molecule is NC1(C(=O)Nc2cccc(-c3cnco3)c2)CCCCC1. The molecule has 1 fully saturated rings. The van der Waals surface area contributed by atoms with Gasteiger partial charge in [0.15, 0.2) is 12.2 Å². The lowest BCUT2D eigenvalue weighted by atomic mass is 9.82. The van der Waals surface area contributed by atoms with Crippen LogP contribution in [0.5, 0.6) is 0 Å². The first-order chi connectivity index (χ1) is 10.2. The summed E-state index contributed by atoms with van der Waals surface area (Å²) in [6.07, 6.45) is 7.72. The Morgan fingerprint density at radius 1 is 1.29 bits per heavy atom. The second kappa shape index (κ2) is 5.69. The van der Waals surface area contributed by atoms with E-state index >= 15 is 0 Å². The van der Waals surface area contributed by atoms with Crippen LogP contribution in [0.25, 0.3) is 11.3 Å². The molecular formula is C16H19N3O2. The molecule has 3 rings (SSSR count). The zero-order valence-corrected chi connectivity index (χ0v) is 11.8. The number of oxazole rings is 1. The summed E-state index contributed by atoms with van der Waals surface area (Å²) in [5.74, 6) is 0.572. The number of carbonyl (C=O) groups excluding carboxylic acids is 1. The van der Waals surface area contributed by atoms with E-state index in [1.807, 2.05) is 24.3 Å². The van der Waals surface area contributed by atoms with Crippen molar-refractivity contribution in [3.05, 3.63) is 36.9 Å². The van der Waals surface area contributed by atoms with Gasteiger partial charge in [0.25, 0.3) is 0 Å². The Balaban J connectivity index is 1.76. The monoisotopic (exact) mass is 285 g/mol. The van der Waals surface area contributed by atoms with E-state index in [2.05, 4.69) is 10.3 Å². The average molecular weight is 285 g/mol. The molecule has 1 aliphatic carbocycles. The predicted octanol–water partition coefficient (Wildman–Crippen LogP) is 2.94. The summed E-state index contributed by atoms with van der Waals surface area (Å²) in [5.41, 5.74) is 7.11. The van der Waals surface area contributed by atoms with Crippen LogP contribution in [0.15, 0.2) is 41.3 Å². The van der Waals surface area contributed by atoms with Crippen LogP contribution in [-0.2, 0) is 4.79 Å². The van der Waals surface area contributed by atoms with Gasteiger partial charge in [-0.15, -0.1) is 0 Å². The van der Waals surface area contributed by atoms with E-state index in [9.17, 15) is 4.79 Å².